The van der Waals surface area contributed by atoms with Crippen molar-refractivity contribution >= 4 is 11.6 Å². The predicted molar refractivity (Wildman–Crippen MR) is 62.0 cm³/mol. The number of nitrogen functional groups attached to an aromatic ring is 1. The maximum atomic E-state index is 5.86. The number of aliphatic imine (C=N–C) groups is 1. The highest BCUT2D eigenvalue weighted by atomic mass is 16.5. The number of nitrogens with zero attached hydrogens (tertiary/aromatic N) is 1. The molecule has 1 aliphatic heterocycles. The molecular weight excluding hydrogens is 188 g/mol. The van der Waals surface area contributed by atoms with Crippen molar-refractivity contribution < 1.29 is 4.74 Å². The summed E-state index contributed by atoms with van der Waals surface area (Å²) in [7, 11) is 0. The Morgan fingerprint density at radius 3 is 2.73 bits per heavy atom. The number of benzene rings is 1. The van der Waals surface area contributed by atoms with E-state index < -0.39 is 0 Å². The molecule has 0 aliphatic carbocycles. The molecule has 0 saturated carbocycles. The van der Waals surface area contributed by atoms with Crippen molar-refractivity contribution in [2.75, 3.05) is 12.3 Å². The van der Waals surface area contributed by atoms with Crippen molar-refractivity contribution in [3.63, 3.8) is 0 Å². The lowest BCUT2D eigenvalue weighted by atomic mass is 10.1. The molecule has 3 nitrogen and oxygen atoms in total. The molecule has 0 bridgehead atoms. The van der Waals surface area contributed by atoms with E-state index in [0.29, 0.717) is 18.4 Å². The van der Waals surface area contributed by atoms with Gasteiger partial charge in [0.1, 0.15) is 6.61 Å². The lowest BCUT2D eigenvalue weighted by Crippen LogP contribution is -2.13. The fourth-order valence-electron chi connectivity index (χ4n) is 1.57. The van der Waals surface area contributed by atoms with E-state index in [4.69, 9.17) is 10.5 Å². The Bertz CT molecular complexity index is 385. The first-order valence-electron chi connectivity index (χ1n) is 5.24. The molecule has 1 atom stereocenters. The third-order valence-corrected chi connectivity index (χ3v) is 2.63. The molecule has 0 radical (unpaired) electrons. The molecule has 0 aromatic heterocycles. The Morgan fingerprint density at radius 2 is 2.13 bits per heavy atom. The van der Waals surface area contributed by atoms with Crippen LogP contribution in [0, 0.1) is 5.92 Å². The van der Waals surface area contributed by atoms with Crippen LogP contribution in [0.3, 0.4) is 0 Å². The zero-order valence-corrected chi connectivity index (χ0v) is 9.10. The van der Waals surface area contributed by atoms with Crippen molar-refractivity contribution in [1.82, 2.24) is 0 Å². The van der Waals surface area contributed by atoms with Crippen LogP contribution in [0.2, 0.25) is 0 Å². The predicted octanol–water partition coefficient (Wildman–Crippen LogP) is 2.07. The van der Waals surface area contributed by atoms with Gasteiger partial charge in [0, 0.05) is 5.69 Å². The largest absolute Gasteiger partial charge is 0.475 e. The summed E-state index contributed by atoms with van der Waals surface area (Å²) in [6, 6.07) is 7.93. The quantitative estimate of drug-likeness (QED) is 0.750. The summed E-state index contributed by atoms with van der Waals surface area (Å²) in [4.78, 5) is 4.53. The zero-order chi connectivity index (χ0) is 10.8. The third kappa shape index (κ3) is 1.96. The summed E-state index contributed by atoms with van der Waals surface area (Å²) in [5, 5.41) is 0. The molecule has 0 saturated heterocycles. The maximum Gasteiger partial charge on any atom is 0.218 e. The van der Waals surface area contributed by atoms with Crippen LogP contribution in [0.4, 0.5) is 5.69 Å². The van der Waals surface area contributed by atoms with Crippen LogP contribution in [0.25, 0.3) is 0 Å². The Balaban J connectivity index is 2.27. The van der Waals surface area contributed by atoms with Gasteiger partial charge in [0.15, 0.2) is 0 Å². The fraction of sp³-hybridized carbons (Fsp3) is 0.417. The summed E-state index contributed by atoms with van der Waals surface area (Å²) >= 11 is 0. The molecule has 80 valence electrons. The first kappa shape index (κ1) is 10.0. The Hall–Kier alpha value is -1.51. The zero-order valence-electron chi connectivity index (χ0n) is 9.10. The number of anilines is 1. The molecule has 0 spiro atoms. The van der Waals surface area contributed by atoms with Crippen molar-refractivity contribution in [1.29, 1.82) is 0 Å². The van der Waals surface area contributed by atoms with Gasteiger partial charge in [-0.15, -0.1) is 0 Å². The topological polar surface area (TPSA) is 47.6 Å². The minimum Gasteiger partial charge on any atom is -0.475 e. The summed E-state index contributed by atoms with van der Waals surface area (Å²) < 4.78 is 5.56. The molecular formula is C12H16N2O. The number of ether oxygens (including phenoxy) is 1. The van der Waals surface area contributed by atoms with Crippen LogP contribution in [-0.2, 0) is 4.74 Å². The van der Waals surface area contributed by atoms with Gasteiger partial charge in [0.2, 0.25) is 5.90 Å². The Kier molecular flexibility index (Phi) is 2.62. The lowest BCUT2D eigenvalue weighted by Gasteiger charge is -2.06. The molecule has 0 fully saturated rings. The highest BCUT2D eigenvalue weighted by molar-refractivity contribution is 5.99. The summed E-state index contributed by atoms with van der Waals surface area (Å²) in [5.41, 5.74) is 7.49. The van der Waals surface area contributed by atoms with Crippen LogP contribution in [-0.4, -0.2) is 18.5 Å². The summed E-state index contributed by atoms with van der Waals surface area (Å²) in [5.74, 6) is 1.19. The van der Waals surface area contributed by atoms with E-state index >= 15 is 0 Å². The monoisotopic (exact) mass is 204 g/mol. The fourth-order valence-corrected chi connectivity index (χ4v) is 1.57. The van der Waals surface area contributed by atoms with E-state index in [-0.39, 0.29) is 6.04 Å². The van der Waals surface area contributed by atoms with E-state index in [1.165, 1.54) is 0 Å². The number of hydrogen-bond donors (Lipinski definition) is 1. The second-order valence-corrected chi connectivity index (χ2v) is 4.14. The van der Waals surface area contributed by atoms with Gasteiger partial charge in [0.05, 0.1) is 11.6 Å². The van der Waals surface area contributed by atoms with Gasteiger partial charge in [-0.3, -0.25) is 0 Å². The summed E-state index contributed by atoms with van der Waals surface area (Å²) in [6.45, 7) is 4.96. The average Bonchev–Trinajstić information content (AvgIpc) is 2.67. The van der Waals surface area contributed by atoms with E-state index in [0.717, 1.165) is 11.3 Å². The minimum absolute atomic E-state index is 0.264. The second kappa shape index (κ2) is 3.93. The molecule has 15 heavy (non-hydrogen) atoms. The van der Waals surface area contributed by atoms with Gasteiger partial charge < -0.3 is 10.5 Å². The highest BCUT2D eigenvalue weighted by Crippen LogP contribution is 2.20. The van der Waals surface area contributed by atoms with Crippen molar-refractivity contribution in [2.24, 2.45) is 10.9 Å². The minimum atomic E-state index is 0.264. The lowest BCUT2D eigenvalue weighted by molar-refractivity contribution is 0.292. The van der Waals surface area contributed by atoms with Crippen molar-refractivity contribution in [3.05, 3.63) is 29.8 Å². The molecule has 2 N–H and O–H groups in total. The van der Waals surface area contributed by atoms with E-state index in [9.17, 15) is 0 Å². The normalized spacial score (nSPS) is 20.2. The molecule has 1 heterocycles. The van der Waals surface area contributed by atoms with Gasteiger partial charge >= 0.3 is 0 Å². The molecule has 1 aromatic carbocycles. The smallest absolute Gasteiger partial charge is 0.218 e. The van der Waals surface area contributed by atoms with E-state index in [1.54, 1.807) is 0 Å². The molecule has 1 aliphatic rings. The third-order valence-electron chi connectivity index (χ3n) is 2.63. The molecule has 3 heteroatoms. The molecule has 1 aromatic rings. The van der Waals surface area contributed by atoms with E-state index in [2.05, 4.69) is 18.8 Å². The Morgan fingerprint density at radius 1 is 1.40 bits per heavy atom. The van der Waals surface area contributed by atoms with Crippen LogP contribution in [0.15, 0.2) is 29.3 Å². The molecule has 0 unspecified atom stereocenters. The van der Waals surface area contributed by atoms with Gasteiger partial charge in [-0.2, -0.15) is 0 Å². The highest BCUT2D eigenvalue weighted by Gasteiger charge is 2.23. The van der Waals surface area contributed by atoms with Crippen LogP contribution < -0.4 is 5.73 Å². The van der Waals surface area contributed by atoms with Crippen molar-refractivity contribution in [3.8, 4) is 0 Å². The second-order valence-electron chi connectivity index (χ2n) is 4.14. The average molecular weight is 204 g/mol. The standard InChI is InChI=1S/C12H16N2O/c1-8(2)11-7-15-12(14-11)9-5-3-4-6-10(9)13/h3-6,8,11H,7,13H2,1-2H3/t11-/m0/s1. The van der Waals surface area contributed by atoms with Gasteiger partial charge in [-0.1, -0.05) is 26.0 Å². The molecule has 0 amide bonds. The van der Waals surface area contributed by atoms with Gasteiger partial charge in [-0.25, -0.2) is 4.99 Å². The number of rotatable bonds is 2. The number of nitrogens with two attached hydrogens (primary N) is 1. The Labute approximate surface area is 90.0 Å². The number of para-hydroxylation sites is 1. The van der Waals surface area contributed by atoms with Crippen molar-refractivity contribution in [2.45, 2.75) is 19.9 Å². The van der Waals surface area contributed by atoms with Gasteiger partial charge in [-0.05, 0) is 18.1 Å². The van der Waals surface area contributed by atoms with E-state index in [1.807, 2.05) is 24.3 Å². The van der Waals surface area contributed by atoms with Gasteiger partial charge in [0.25, 0.3) is 0 Å². The van der Waals surface area contributed by atoms with Crippen LogP contribution in [0.1, 0.15) is 19.4 Å². The van der Waals surface area contributed by atoms with Crippen LogP contribution in [0.5, 0.6) is 0 Å². The summed E-state index contributed by atoms with van der Waals surface area (Å²) in [6.07, 6.45) is 0. The SMILES string of the molecule is CC(C)[C@@H]1COC(c2ccccc2N)=N1. The van der Waals surface area contributed by atoms with Crippen LogP contribution >= 0.6 is 0 Å². The maximum absolute atomic E-state index is 5.86. The first-order valence-corrected chi connectivity index (χ1v) is 5.24. The first-order chi connectivity index (χ1) is 7.18. The molecule has 2 rings (SSSR count). The number of hydrogen-bond acceptors (Lipinski definition) is 3.